The molecule has 0 aliphatic carbocycles. The smallest absolute Gasteiger partial charge is 0.137 e. The largest absolute Gasteiger partial charge is 0.374 e. The molecule has 1 aromatic heterocycles. The van der Waals surface area contributed by atoms with Crippen LogP contribution in [0.1, 0.15) is 43.5 Å². The van der Waals surface area contributed by atoms with Crippen molar-refractivity contribution in [2.75, 3.05) is 7.11 Å². The highest BCUT2D eigenvalue weighted by molar-refractivity contribution is 7.71. The molecule has 0 amide bonds. The van der Waals surface area contributed by atoms with Crippen LogP contribution in [0.5, 0.6) is 0 Å². The number of hydrogen-bond acceptors (Lipinski definition) is 3. The van der Waals surface area contributed by atoms with Crippen molar-refractivity contribution in [3.05, 3.63) is 21.7 Å². The Morgan fingerprint density at radius 2 is 2.13 bits per heavy atom. The second kappa shape index (κ2) is 5.37. The molecule has 1 atom stereocenters. The van der Waals surface area contributed by atoms with E-state index in [1.165, 1.54) is 0 Å². The molecule has 3 nitrogen and oxygen atoms in total. The van der Waals surface area contributed by atoms with Gasteiger partial charge in [0.05, 0.1) is 0 Å². The zero-order valence-corrected chi connectivity index (χ0v) is 10.6. The minimum Gasteiger partial charge on any atom is -0.374 e. The molecule has 0 aromatic carbocycles. The topological polar surface area (TPSA) is 37.9 Å². The molecule has 1 rings (SSSR count). The van der Waals surface area contributed by atoms with Gasteiger partial charge in [-0.25, -0.2) is 4.98 Å². The Morgan fingerprint density at radius 1 is 1.47 bits per heavy atom. The van der Waals surface area contributed by atoms with Crippen molar-refractivity contribution < 1.29 is 4.74 Å². The molecule has 1 N–H and O–H groups in total. The molecule has 0 radical (unpaired) electrons. The number of methoxy groups -OCH3 is 1. The number of H-pyrrole nitrogens is 1. The summed E-state index contributed by atoms with van der Waals surface area (Å²) in [5, 5.41) is 0. The molecule has 1 heterocycles. The Morgan fingerprint density at radius 3 is 2.53 bits per heavy atom. The molecular formula is C11H18N2OS. The SMILES string of the molecule is CCc1c(C)[nH]c(C(CC)OC)nc1=S. The van der Waals surface area contributed by atoms with Crippen molar-refractivity contribution in [2.24, 2.45) is 0 Å². The van der Waals surface area contributed by atoms with Crippen molar-refractivity contribution in [3.8, 4) is 0 Å². The Balaban J connectivity index is 3.19. The van der Waals surface area contributed by atoms with Crippen LogP contribution in [-0.2, 0) is 11.2 Å². The third kappa shape index (κ3) is 2.63. The highest BCUT2D eigenvalue weighted by atomic mass is 32.1. The molecule has 0 fully saturated rings. The minimum atomic E-state index is 0.0105. The quantitative estimate of drug-likeness (QED) is 0.802. The van der Waals surface area contributed by atoms with Crippen LogP contribution in [-0.4, -0.2) is 17.1 Å². The summed E-state index contributed by atoms with van der Waals surface area (Å²) in [7, 11) is 1.69. The second-order valence-electron chi connectivity index (χ2n) is 3.52. The van der Waals surface area contributed by atoms with E-state index in [4.69, 9.17) is 17.0 Å². The number of aromatic amines is 1. The van der Waals surface area contributed by atoms with E-state index >= 15 is 0 Å². The summed E-state index contributed by atoms with van der Waals surface area (Å²) in [5.74, 6) is 0.833. The minimum absolute atomic E-state index is 0.0105. The first-order valence-corrected chi connectivity index (χ1v) is 5.67. The third-order valence-corrected chi connectivity index (χ3v) is 2.90. The van der Waals surface area contributed by atoms with Crippen LogP contribution in [0.15, 0.2) is 0 Å². The van der Waals surface area contributed by atoms with E-state index in [0.717, 1.165) is 29.9 Å². The normalized spacial score (nSPS) is 12.8. The van der Waals surface area contributed by atoms with Crippen LogP contribution in [0.25, 0.3) is 0 Å². The molecule has 0 aliphatic heterocycles. The Bertz CT molecular complexity index is 383. The van der Waals surface area contributed by atoms with Gasteiger partial charge in [0.25, 0.3) is 0 Å². The van der Waals surface area contributed by atoms with Gasteiger partial charge in [0.2, 0.25) is 0 Å². The fourth-order valence-corrected chi connectivity index (χ4v) is 2.07. The molecule has 0 saturated heterocycles. The Labute approximate surface area is 95.9 Å². The van der Waals surface area contributed by atoms with Gasteiger partial charge in [-0.3, -0.25) is 0 Å². The number of hydrogen-bond donors (Lipinski definition) is 1. The summed E-state index contributed by atoms with van der Waals surface area (Å²) in [6.45, 7) is 6.18. The second-order valence-corrected chi connectivity index (χ2v) is 3.90. The molecule has 1 unspecified atom stereocenters. The summed E-state index contributed by atoms with van der Waals surface area (Å²) in [4.78, 5) is 7.65. The molecular weight excluding hydrogens is 208 g/mol. The maximum Gasteiger partial charge on any atom is 0.137 e. The molecule has 0 bridgehead atoms. The van der Waals surface area contributed by atoms with Crippen LogP contribution in [0, 0.1) is 11.6 Å². The lowest BCUT2D eigenvalue weighted by molar-refractivity contribution is 0.0923. The van der Waals surface area contributed by atoms with Gasteiger partial charge < -0.3 is 9.72 Å². The molecule has 15 heavy (non-hydrogen) atoms. The van der Waals surface area contributed by atoms with E-state index in [1.54, 1.807) is 7.11 Å². The fourth-order valence-electron chi connectivity index (χ4n) is 1.67. The van der Waals surface area contributed by atoms with E-state index in [1.807, 2.05) is 6.92 Å². The standard InChI is InChI=1S/C11H18N2OS/c1-5-8-7(3)12-10(13-11(8)15)9(6-2)14-4/h9H,5-6H2,1-4H3,(H,12,13,15). The van der Waals surface area contributed by atoms with Crippen LogP contribution in [0.3, 0.4) is 0 Å². The molecule has 4 heteroatoms. The first-order chi connectivity index (χ1) is 7.13. The average molecular weight is 226 g/mol. The van der Waals surface area contributed by atoms with Gasteiger partial charge in [-0.1, -0.05) is 26.1 Å². The lowest BCUT2D eigenvalue weighted by atomic mass is 10.2. The summed E-state index contributed by atoms with van der Waals surface area (Å²) in [6, 6.07) is 0. The number of nitrogens with zero attached hydrogens (tertiary/aromatic N) is 1. The van der Waals surface area contributed by atoms with Gasteiger partial charge in [0, 0.05) is 18.4 Å². The van der Waals surface area contributed by atoms with E-state index in [2.05, 4.69) is 23.8 Å². The number of rotatable bonds is 4. The first-order valence-electron chi connectivity index (χ1n) is 5.26. The number of ether oxygens (including phenoxy) is 1. The van der Waals surface area contributed by atoms with E-state index < -0.39 is 0 Å². The maximum atomic E-state index is 5.33. The number of nitrogens with one attached hydrogen (secondary N) is 1. The fraction of sp³-hybridized carbons (Fsp3) is 0.636. The maximum absolute atomic E-state index is 5.33. The van der Waals surface area contributed by atoms with Gasteiger partial charge in [0.15, 0.2) is 0 Å². The number of aromatic nitrogens is 2. The Hall–Kier alpha value is -0.740. The highest BCUT2D eigenvalue weighted by Crippen LogP contribution is 2.18. The first kappa shape index (κ1) is 12.3. The van der Waals surface area contributed by atoms with Crippen molar-refractivity contribution in [1.82, 2.24) is 9.97 Å². The van der Waals surface area contributed by atoms with Crippen molar-refractivity contribution in [3.63, 3.8) is 0 Å². The number of aryl methyl sites for hydroxylation is 1. The van der Waals surface area contributed by atoms with Gasteiger partial charge in [0.1, 0.15) is 16.6 Å². The summed E-state index contributed by atoms with van der Waals surface area (Å²) < 4.78 is 6.02. The van der Waals surface area contributed by atoms with Crippen LogP contribution in [0.2, 0.25) is 0 Å². The average Bonchev–Trinajstić information content (AvgIpc) is 2.19. The highest BCUT2D eigenvalue weighted by Gasteiger charge is 2.12. The molecule has 0 aliphatic rings. The molecule has 0 spiro atoms. The molecule has 0 saturated carbocycles. The predicted molar refractivity (Wildman–Crippen MR) is 63.6 cm³/mol. The lowest BCUT2D eigenvalue weighted by Crippen LogP contribution is -2.09. The van der Waals surface area contributed by atoms with Crippen LogP contribution < -0.4 is 0 Å². The monoisotopic (exact) mass is 226 g/mol. The van der Waals surface area contributed by atoms with Crippen LogP contribution in [0.4, 0.5) is 0 Å². The predicted octanol–water partition coefficient (Wildman–Crippen LogP) is 3.11. The third-order valence-electron chi connectivity index (χ3n) is 2.56. The molecule has 1 aromatic rings. The van der Waals surface area contributed by atoms with E-state index in [-0.39, 0.29) is 6.10 Å². The molecule has 84 valence electrons. The van der Waals surface area contributed by atoms with Gasteiger partial charge in [-0.05, 0) is 19.8 Å². The lowest BCUT2D eigenvalue weighted by Gasteiger charge is -2.14. The zero-order valence-electron chi connectivity index (χ0n) is 9.76. The van der Waals surface area contributed by atoms with Gasteiger partial charge >= 0.3 is 0 Å². The van der Waals surface area contributed by atoms with E-state index in [0.29, 0.717) is 4.64 Å². The van der Waals surface area contributed by atoms with Gasteiger partial charge in [-0.15, -0.1) is 0 Å². The van der Waals surface area contributed by atoms with Crippen molar-refractivity contribution in [2.45, 2.75) is 39.7 Å². The van der Waals surface area contributed by atoms with Gasteiger partial charge in [-0.2, -0.15) is 0 Å². The van der Waals surface area contributed by atoms with Crippen molar-refractivity contribution >= 4 is 12.2 Å². The summed E-state index contributed by atoms with van der Waals surface area (Å²) in [6.07, 6.45) is 1.81. The van der Waals surface area contributed by atoms with Crippen molar-refractivity contribution in [1.29, 1.82) is 0 Å². The zero-order chi connectivity index (χ0) is 11.4. The Kier molecular flexibility index (Phi) is 4.42. The summed E-state index contributed by atoms with van der Waals surface area (Å²) in [5.41, 5.74) is 2.22. The summed E-state index contributed by atoms with van der Waals surface area (Å²) >= 11 is 5.25. The van der Waals surface area contributed by atoms with E-state index in [9.17, 15) is 0 Å². The van der Waals surface area contributed by atoms with Crippen LogP contribution >= 0.6 is 12.2 Å².